The number of aromatic nitrogens is 1. The van der Waals surface area contributed by atoms with Crippen LogP contribution < -0.4 is 5.32 Å². The van der Waals surface area contributed by atoms with E-state index in [9.17, 15) is 0 Å². The Morgan fingerprint density at radius 2 is 1.90 bits per heavy atom. The summed E-state index contributed by atoms with van der Waals surface area (Å²) in [7, 11) is 0. The lowest BCUT2D eigenvalue weighted by molar-refractivity contribution is 0.553. The van der Waals surface area contributed by atoms with Crippen LogP contribution in [0.25, 0.3) is 10.9 Å². The predicted octanol–water partition coefficient (Wildman–Crippen LogP) is 4.41. The Bertz CT molecular complexity index is 585. The van der Waals surface area contributed by atoms with Gasteiger partial charge in [-0.3, -0.25) is 4.98 Å². The number of rotatable bonds is 5. The molecule has 20 heavy (non-hydrogen) atoms. The molecule has 0 aliphatic rings. The van der Waals surface area contributed by atoms with E-state index in [0.29, 0.717) is 11.8 Å². The van der Waals surface area contributed by atoms with Crippen molar-refractivity contribution in [2.45, 2.75) is 47.1 Å². The second-order valence-electron chi connectivity index (χ2n) is 6.35. The van der Waals surface area contributed by atoms with Crippen molar-refractivity contribution in [3.8, 4) is 0 Å². The van der Waals surface area contributed by atoms with Crippen molar-refractivity contribution in [2.24, 2.45) is 5.92 Å². The number of nitrogens with zero attached hydrogens (tertiary/aromatic N) is 1. The molecule has 0 amide bonds. The number of benzene rings is 1. The van der Waals surface area contributed by atoms with Gasteiger partial charge >= 0.3 is 0 Å². The van der Waals surface area contributed by atoms with Gasteiger partial charge in [-0.05, 0) is 42.5 Å². The number of hydrogen-bond acceptors (Lipinski definition) is 2. The van der Waals surface area contributed by atoms with Crippen LogP contribution in [-0.2, 0) is 6.54 Å². The van der Waals surface area contributed by atoms with Crippen molar-refractivity contribution in [3.05, 3.63) is 41.1 Å². The highest BCUT2D eigenvalue weighted by Crippen LogP contribution is 2.26. The lowest BCUT2D eigenvalue weighted by Crippen LogP contribution is -2.19. The van der Waals surface area contributed by atoms with E-state index in [4.69, 9.17) is 4.98 Å². The van der Waals surface area contributed by atoms with E-state index in [0.717, 1.165) is 18.8 Å². The Balaban J connectivity index is 2.41. The fourth-order valence-corrected chi connectivity index (χ4v) is 2.59. The van der Waals surface area contributed by atoms with Gasteiger partial charge in [0.1, 0.15) is 0 Å². The number of hydrogen-bond donors (Lipinski definition) is 1. The van der Waals surface area contributed by atoms with Crippen molar-refractivity contribution in [2.75, 3.05) is 6.54 Å². The first kappa shape index (κ1) is 15.0. The second kappa shape index (κ2) is 6.36. The van der Waals surface area contributed by atoms with E-state index in [1.807, 2.05) is 0 Å². The van der Waals surface area contributed by atoms with Gasteiger partial charge < -0.3 is 5.32 Å². The van der Waals surface area contributed by atoms with Gasteiger partial charge in [0.25, 0.3) is 0 Å². The van der Waals surface area contributed by atoms with Crippen LogP contribution in [-0.4, -0.2) is 11.5 Å². The van der Waals surface area contributed by atoms with Gasteiger partial charge in [-0.2, -0.15) is 0 Å². The van der Waals surface area contributed by atoms with Gasteiger partial charge in [0.05, 0.1) is 5.52 Å². The van der Waals surface area contributed by atoms with Crippen LogP contribution in [0, 0.1) is 12.8 Å². The summed E-state index contributed by atoms with van der Waals surface area (Å²) in [6.45, 7) is 13.0. The molecule has 1 N–H and O–H groups in total. The summed E-state index contributed by atoms with van der Waals surface area (Å²) in [6.07, 6.45) is 0. The lowest BCUT2D eigenvalue weighted by Gasteiger charge is -2.14. The van der Waals surface area contributed by atoms with Crippen molar-refractivity contribution < 1.29 is 0 Å². The summed E-state index contributed by atoms with van der Waals surface area (Å²) < 4.78 is 0. The third-order valence-corrected chi connectivity index (χ3v) is 3.57. The molecule has 0 aliphatic carbocycles. The van der Waals surface area contributed by atoms with Gasteiger partial charge in [-0.1, -0.05) is 45.9 Å². The van der Waals surface area contributed by atoms with Gasteiger partial charge in [-0.15, -0.1) is 0 Å². The number of fused-ring (bicyclic) bond motifs is 1. The van der Waals surface area contributed by atoms with Crippen LogP contribution in [0.3, 0.4) is 0 Å². The maximum absolute atomic E-state index is 4.77. The zero-order chi connectivity index (χ0) is 14.7. The third kappa shape index (κ3) is 3.37. The standard InChI is InChI=1S/C18H26N2/c1-12(2)10-19-11-15-9-14(5)20-18-16(13(3)4)7-6-8-17(15)18/h6-9,12-13,19H,10-11H2,1-5H3. The Labute approximate surface area is 122 Å². The van der Waals surface area contributed by atoms with E-state index in [-0.39, 0.29) is 0 Å². The normalized spacial score (nSPS) is 11.8. The highest BCUT2D eigenvalue weighted by Gasteiger charge is 2.10. The molecular weight excluding hydrogens is 244 g/mol. The average molecular weight is 270 g/mol. The molecule has 2 nitrogen and oxygen atoms in total. The molecule has 0 fully saturated rings. The van der Waals surface area contributed by atoms with Gasteiger partial charge in [0, 0.05) is 17.6 Å². The Morgan fingerprint density at radius 3 is 2.55 bits per heavy atom. The minimum atomic E-state index is 0.504. The van der Waals surface area contributed by atoms with E-state index < -0.39 is 0 Å². The Hall–Kier alpha value is -1.41. The summed E-state index contributed by atoms with van der Waals surface area (Å²) in [5.41, 5.74) is 4.97. The smallest absolute Gasteiger partial charge is 0.0742 e. The molecule has 2 rings (SSSR count). The van der Waals surface area contributed by atoms with Crippen LogP contribution in [0.2, 0.25) is 0 Å². The average Bonchev–Trinajstić information content (AvgIpc) is 2.37. The molecule has 2 aromatic rings. The first-order valence-corrected chi connectivity index (χ1v) is 7.59. The maximum atomic E-state index is 4.77. The number of nitrogens with one attached hydrogen (secondary N) is 1. The fraction of sp³-hybridized carbons (Fsp3) is 0.500. The van der Waals surface area contributed by atoms with E-state index in [2.05, 4.69) is 64.2 Å². The number of para-hydroxylation sites is 1. The highest BCUT2D eigenvalue weighted by atomic mass is 14.9. The highest BCUT2D eigenvalue weighted by molar-refractivity contribution is 5.85. The fourth-order valence-electron chi connectivity index (χ4n) is 2.59. The van der Waals surface area contributed by atoms with E-state index in [1.165, 1.54) is 22.0 Å². The van der Waals surface area contributed by atoms with E-state index >= 15 is 0 Å². The van der Waals surface area contributed by atoms with E-state index in [1.54, 1.807) is 0 Å². The van der Waals surface area contributed by atoms with Crippen molar-refractivity contribution in [1.29, 1.82) is 0 Å². The molecule has 1 heterocycles. The molecule has 0 unspecified atom stereocenters. The van der Waals surface area contributed by atoms with Crippen LogP contribution in [0.4, 0.5) is 0 Å². The number of pyridine rings is 1. The molecule has 1 aromatic heterocycles. The largest absolute Gasteiger partial charge is 0.312 e. The molecule has 0 radical (unpaired) electrons. The Kier molecular flexibility index (Phi) is 4.77. The van der Waals surface area contributed by atoms with Gasteiger partial charge in [0.15, 0.2) is 0 Å². The van der Waals surface area contributed by atoms with Gasteiger partial charge in [0.2, 0.25) is 0 Å². The second-order valence-corrected chi connectivity index (χ2v) is 6.35. The molecule has 0 spiro atoms. The van der Waals surface area contributed by atoms with Gasteiger partial charge in [-0.25, -0.2) is 0 Å². The molecule has 108 valence electrons. The SMILES string of the molecule is Cc1cc(CNCC(C)C)c2cccc(C(C)C)c2n1. The first-order valence-electron chi connectivity index (χ1n) is 7.59. The molecule has 0 aliphatic heterocycles. The molecule has 2 heteroatoms. The lowest BCUT2D eigenvalue weighted by atomic mass is 9.97. The summed E-state index contributed by atoms with van der Waals surface area (Å²) in [5.74, 6) is 1.18. The molecule has 0 saturated carbocycles. The summed E-state index contributed by atoms with van der Waals surface area (Å²) in [5, 5.41) is 4.83. The molecule has 0 saturated heterocycles. The monoisotopic (exact) mass is 270 g/mol. The minimum Gasteiger partial charge on any atom is -0.312 e. The van der Waals surface area contributed by atoms with Crippen LogP contribution in [0.5, 0.6) is 0 Å². The number of aryl methyl sites for hydroxylation is 1. The van der Waals surface area contributed by atoms with Crippen molar-refractivity contribution in [3.63, 3.8) is 0 Å². The first-order chi connectivity index (χ1) is 9.49. The third-order valence-electron chi connectivity index (χ3n) is 3.57. The predicted molar refractivity (Wildman–Crippen MR) is 87.1 cm³/mol. The summed E-state index contributed by atoms with van der Waals surface area (Å²) in [6, 6.07) is 8.76. The quantitative estimate of drug-likeness (QED) is 0.870. The zero-order valence-electron chi connectivity index (χ0n) is 13.3. The molecule has 0 atom stereocenters. The summed E-state index contributed by atoms with van der Waals surface area (Å²) >= 11 is 0. The van der Waals surface area contributed by atoms with Crippen LogP contribution in [0.1, 0.15) is 50.4 Å². The topological polar surface area (TPSA) is 24.9 Å². The summed E-state index contributed by atoms with van der Waals surface area (Å²) in [4.78, 5) is 4.77. The molecule has 0 bridgehead atoms. The zero-order valence-corrected chi connectivity index (χ0v) is 13.3. The molecular formula is C18H26N2. The van der Waals surface area contributed by atoms with Crippen molar-refractivity contribution in [1.82, 2.24) is 10.3 Å². The van der Waals surface area contributed by atoms with Crippen LogP contribution in [0.15, 0.2) is 24.3 Å². The van der Waals surface area contributed by atoms with Crippen molar-refractivity contribution >= 4 is 10.9 Å². The minimum absolute atomic E-state index is 0.504. The Morgan fingerprint density at radius 1 is 1.15 bits per heavy atom. The maximum Gasteiger partial charge on any atom is 0.0742 e. The molecule has 1 aromatic carbocycles. The van der Waals surface area contributed by atoms with Crippen LogP contribution >= 0.6 is 0 Å².